The minimum atomic E-state index is -0.316. The predicted octanol–water partition coefficient (Wildman–Crippen LogP) is 0.850. The van der Waals surface area contributed by atoms with E-state index < -0.39 is 0 Å². The molecule has 0 aromatic carbocycles. The van der Waals surface area contributed by atoms with E-state index in [-0.39, 0.29) is 24.2 Å². The van der Waals surface area contributed by atoms with Crippen molar-refractivity contribution in [2.45, 2.75) is 45.3 Å². The Bertz CT molecular complexity index is 182. The highest BCUT2D eigenvalue weighted by atomic mass is 16.3. The van der Waals surface area contributed by atoms with Crippen LogP contribution < -0.4 is 0 Å². The lowest BCUT2D eigenvalue weighted by atomic mass is 9.89. The molecule has 0 saturated carbocycles. The Hall–Kier alpha value is -0.120. The molecule has 1 aliphatic heterocycles. The van der Waals surface area contributed by atoms with Crippen molar-refractivity contribution >= 4 is 0 Å². The van der Waals surface area contributed by atoms with E-state index in [1.54, 1.807) is 0 Å². The highest BCUT2D eigenvalue weighted by Crippen LogP contribution is 2.26. The maximum Gasteiger partial charge on any atom is 0.0614 e. The largest absolute Gasteiger partial charge is 0.396 e. The Labute approximate surface area is 86.7 Å². The lowest BCUT2D eigenvalue weighted by Gasteiger charge is -2.44. The van der Waals surface area contributed by atoms with Crippen molar-refractivity contribution in [3.05, 3.63) is 0 Å². The third-order valence-electron chi connectivity index (χ3n) is 3.65. The van der Waals surface area contributed by atoms with Crippen LogP contribution in [0.25, 0.3) is 0 Å². The quantitative estimate of drug-likeness (QED) is 0.711. The van der Waals surface area contributed by atoms with Gasteiger partial charge in [-0.05, 0) is 26.7 Å². The Balaban J connectivity index is 2.58. The molecule has 1 rings (SSSR count). The first kappa shape index (κ1) is 12.0. The zero-order valence-electron chi connectivity index (χ0n) is 9.53. The fourth-order valence-corrected chi connectivity index (χ4v) is 1.97. The number of aliphatic hydroxyl groups is 2. The van der Waals surface area contributed by atoms with Crippen LogP contribution in [0.15, 0.2) is 0 Å². The Morgan fingerprint density at radius 1 is 1.43 bits per heavy atom. The van der Waals surface area contributed by atoms with Crippen molar-refractivity contribution in [1.29, 1.82) is 0 Å². The summed E-state index contributed by atoms with van der Waals surface area (Å²) in [5.74, 6) is 0.0366. The van der Waals surface area contributed by atoms with Crippen molar-refractivity contribution in [2.75, 3.05) is 19.7 Å². The summed E-state index contributed by atoms with van der Waals surface area (Å²) in [7, 11) is 0. The van der Waals surface area contributed by atoms with Crippen molar-refractivity contribution < 1.29 is 10.2 Å². The minimum absolute atomic E-state index is 0.0366. The number of likely N-dealkylation sites (tertiary alicyclic amines) is 1. The molecular formula is C11H23NO2. The molecule has 0 aliphatic carbocycles. The van der Waals surface area contributed by atoms with Gasteiger partial charge in [0.2, 0.25) is 0 Å². The third kappa shape index (κ3) is 2.47. The second kappa shape index (κ2) is 4.60. The molecule has 2 unspecified atom stereocenters. The van der Waals surface area contributed by atoms with E-state index in [4.69, 9.17) is 5.11 Å². The Morgan fingerprint density at radius 3 is 2.57 bits per heavy atom. The second-order valence-corrected chi connectivity index (χ2v) is 4.91. The summed E-state index contributed by atoms with van der Waals surface area (Å²) in [6.07, 6.45) is 1.57. The van der Waals surface area contributed by atoms with Crippen molar-refractivity contribution in [3.63, 3.8) is 0 Å². The van der Waals surface area contributed by atoms with Crippen molar-refractivity contribution in [3.8, 4) is 0 Å². The molecule has 0 amide bonds. The normalized spacial score (nSPS) is 30.6. The molecule has 1 heterocycles. The monoisotopic (exact) mass is 201 g/mol. The van der Waals surface area contributed by atoms with Gasteiger partial charge in [-0.3, -0.25) is 4.90 Å². The van der Waals surface area contributed by atoms with Crippen LogP contribution >= 0.6 is 0 Å². The molecule has 0 bridgehead atoms. The van der Waals surface area contributed by atoms with Crippen LogP contribution in [0.4, 0.5) is 0 Å². The smallest absolute Gasteiger partial charge is 0.0614 e. The maximum absolute atomic E-state index is 9.64. The Kier molecular flexibility index (Phi) is 3.93. The van der Waals surface area contributed by atoms with Gasteiger partial charge in [0.05, 0.1) is 6.10 Å². The third-order valence-corrected chi connectivity index (χ3v) is 3.65. The molecule has 0 aromatic rings. The van der Waals surface area contributed by atoms with Gasteiger partial charge in [0, 0.05) is 31.2 Å². The lowest BCUT2D eigenvalue weighted by Crippen LogP contribution is -2.53. The van der Waals surface area contributed by atoms with Crippen molar-refractivity contribution in [1.82, 2.24) is 4.90 Å². The minimum Gasteiger partial charge on any atom is -0.396 e. The highest BCUT2D eigenvalue weighted by Gasteiger charge is 2.33. The number of rotatable bonds is 3. The van der Waals surface area contributed by atoms with E-state index in [9.17, 15) is 5.11 Å². The number of hydrogen-bond donors (Lipinski definition) is 2. The number of hydrogen-bond acceptors (Lipinski definition) is 3. The van der Waals surface area contributed by atoms with Gasteiger partial charge in [0.25, 0.3) is 0 Å². The van der Waals surface area contributed by atoms with Crippen LogP contribution in [0, 0.1) is 5.92 Å². The summed E-state index contributed by atoms with van der Waals surface area (Å²) in [4.78, 5) is 2.38. The molecule has 1 saturated heterocycles. The average Bonchev–Trinajstić information content (AvgIpc) is 2.18. The SMILES string of the molecule is CCC(C)(C)N1CCC(O)C(CO)C1. The van der Waals surface area contributed by atoms with E-state index in [2.05, 4.69) is 25.7 Å². The first-order valence-electron chi connectivity index (χ1n) is 5.55. The molecule has 84 valence electrons. The van der Waals surface area contributed by atoms with Gasteiger partial charge in [0.15, 0.2) is 0 Å². The molecule has 1 fully saturated rings. The maximum atomic E-state index is 9.64. The van der Waals surface area contributed by atoms with Gasteiger partial charge in [-0.2, -0.15) is 0 Å². The number of nitrogens with zero attached hydrogens (tertiary/aromatic N) is 1. The van der Waals surface area contributed by atoms with E-state index in [0.717, 1.165) is 25.9 Å². The summed E-state index contributed by atoms with van der Waals surface area (Å²) in [5.41, 5.74) is 0.188. The van der Waals surface area contributed by atoms with Gasteiger partial charge < -0.3 is 10.2 Å². The summed E-state index contributed by atoms with van der Waals surface area (Å²) >= 11 is 0. The molecule has 2 atom stereocenters. The molecule has 0 aromatic heterocycles. The van der Waals surface area contributed by atoms with Crippen LogP contribution in [0.2, 0.25) is 0 Å². The van der Waals surface area contributed by atoms with Gasteiger partial charge >= 0.3 is 0 Å². The fourth-order valence-electron chi connectivity index (χ4n) is 1.97. The molecule has 3 heteroatoms. The second-order valence-electron chi connectivity index (χ2n) is 4.91. The molecular weight excluding hydrogens is 178 g/mol. The summed E-state index contributed by atoms with van der Waals surface area (Å²) < 4.78 is 0. The molecule has 1 aliphatic rings. The summed E-state index contributed by atoms with van der Waals surface area (Å²) in [5, 5.41) is 18.8. The van der Waals surface area contributed by atoms with E-state index in [1.165, 1.54) is 0 Å². The predicted molar refractivity (Wildman–Crippen MR) is 57.1 cm³/mol. The first-order valence-corrected chi connectivity index (χ1v) is 5.55. The molecule has 2 N–H and O–H groups in total. The number of aliphatic hydroxyl groups excluding tert-OH is 2. The molecule has 0 radical (unpaired) electrons. The van der Waals surface area contributed by atoms with Gasteiger partial charge in [-0.25, -0.2) is 0 Å². The number of piperidine rings is 1. The standard InChI is InChI=1S/C11H23NO2/c1-4-11(2,3)12-6-5-10(14)9(7-12)8-13/h9-10,13-14H,4-8H2,1-3H3. The Morgan fingerprint density at radius 2 is 2.07 bits per heavy atom. The summed E-state index contributed by atoms with van der Waals surface area (Å²) in [6.45, 7) is 8.48. The van der Waals surface area contributed by atoms with Crippen LogP contribution in [0.1, 0.15) is 33.6 Å². The molecule has 14 heavy (non-hydrogen) atoms. The van der Waals surface area contributed by atoms with E-state index in [1.807, 2.05) is 0 Å². The molecule has 3 nitrogen and oxygen atoms in total. The first-order chi connectivity index (χ1) is 6.51. The van der Waals surface area contributed by atoms with E-state index in [0.29, 0.717) is 0 Å². The zero-order valence-corrected chi connectivity index (χ0v) is 9.53. The van der Waals surface area contributed by atoms with Crippen LogP contribution in [0.5, 0.6) is 0 Å². The van der Waals surface area contributed by atoms with Crippen LogP contribution in [-0.4, -0.2) is 46.5 Å². The van der Waals surface area contributed by atoms with Gasteiger partial charge in [-0.15, -0.1) is 0 Å². The van der Waals surface area contributed by atoms with Crippen molar-refractivity contribution in [2.24, 2.45) is 5.92 Å². The van der Waals surface area contributed by atoms with Crippen LogP contribution in [0.3, 0.4) is 0 Å². The van der Waals surface area contributed by atoms with Crippen LogP contribution in [-0.2, 0) is 0 Å². The zero-order chi connectivity index (χ0) is 10.8. The van der Waals surface area contributed by atoms with E-state index >= 15 is 0 Å². The topological polar surface area (TPSA) is 43.7 Å². The molecule has 0 spiro atoms. The average molecular weight is 201 g/mol. The van der Waals surface area contributed by atoms with Gasteiger partial charge in [0.1, 0.15) is 0 Å². The highest BCUT2D eigenvalue weighted by molar-refractivity contribution is 4.87. The van der Waals surface area contributed by atoms with Gasteiger partial charge in [-0.1, -0.05) is 6.92 Å². The summed E-state index contributed by atoms with van der Waals surface area (Å²) in [6, 6.07) is 0. The lowest BCUT2D eigenvalue weighted by molar-refractivity contribution is -0.0329. The fraction of sp³-hybridized carbons (Fsp3) is 1.00.